The molecule has 1 aromatic rings. The molecule has 0 amide bonds. The minimum absolute atomic E-state index is 0.773. The van der Waals surface area contributed by atoms with Crippen LogP contribution in [0.25, 0.3) is 0 Å². The Balaban J connectivity index is 1.80. The summed E-state index contributed by atoms with van der Waals surface area (Å²) in [6, 6.07) is 8.89. The zero-order valence-corrected chi connectivity index (χ0v) is 12.5. The number of para-hydroxylation sites is 1. The Morgan fingerprint density at radius 3 is 2.89 bits per heavy atom. The molecule has 0 spiro atoms. The van der Waals surface area contributed by atoms with Gasteiger partial charge in [-0.25, -0.2) is 0 Å². The van der Waals surface area contributed by atoms with Gasteiger partial charge in [-0.2, -0.15) is 0 Å². The molecule has 0 aliphatic carbocycles. The standard InChI is InChI=1S/C17H28N2/c1-3-4-7-10-18-11-12-19-14-15(2)13-16-8-5-6-9-17(16)19/h5-6,8-9,15,18H,3-4,7,10-14H2,1-2H3. The van der Waals surface area contributed by atoms with Crippen molar-refractivity contribution < 1.29 is 0 Å². The SMILES string of the molecule is CCCCCNCCN1CC(C)Cc2ccccc21. The van der Waals surface area contributed by atoms with E-state index in [0.717, 1.165) is 19.0 Å². The first-order valence-electron chi connectivity index (χ1n) is 7.85. The van der Waals surface area contributed by atoms with E-state index in [1.54, 1.807) is 0 Å². The van der Waals surface area contributed by atoms with Crippen LogP contribution in [0.5, 0.6) is 0 Å². The van der Waals surface area contributed by atoms with Gasteiger partial charge in [0.2, 0.25) is 0 Å². The highest BCUT2D eigenvalue weighted by atomic mass is 15.2. The van der Waals surface area contributed by atoms with Crippen LogP contribution in [0, 0.1) is 5.92 Å². The fraction of sp³-hybridized carbons (Fsp3) is 0.647. The summed E-state index contributed by atoms with van der Waals surface area (Å²) in [6.07, 6.45) is 5.19. The first-order chi connectivity index (χ1) is 9.31. The summed E-state index contributed by atoms with van der Waals surface area (Å²) in [6.45, 7) is 9.22. The predicted octanol–water partition coefficient (Wildman–Crippen LogP) is 3.47. The molecule has 0 radical (unpaired) electrons. The van der Waals surface area contributed by atoms with Crippen LogP contribution in [-0.2, 0) is 6.42 Å². The average Bonchev–Trinajstić information content (AvgIpc) is 2.42. The minimum Gasteiger partial charge on any atom is -0.370 e. The molecule has 1 aliphatic heterocycles. The molecule has 1 atom stereocenters. The lowest BCUT2D eigenvalue weighted by Gasteiger charge is -2.35. The third-order valence-corrected chi connectivity index (χ3v) is 3.95. The smallest absolute Gasteiger partial charge is 0.0399 e. The molecule has 2 heteroatoms. The van der Waals surface area contributed by atoms with Crippen LogP contribution in [0.2, 0.25) is 0 Å². The van der Waals surface area contributed by atoms with Crippen LogP contribution in [-0.4, -0.2) is 26.2 Å². The van der Waals surface area contributed by atoms with Crippen LogP contribution >= 0.6 is 0 Å². The van der Waals surface area contributed by atoms with Crippen LogP contribution < -0.4 is 10.2 Å². The van der Waals surface area contributed by atoms with Gasteiger partial charge >= 0.3 is 0 Å². The van der Waals surface area contributed by atoms with Crippen molar-refractivity contribution in [3.8, 4) is 0 Å². The summed E-state index contributed by atoms with van der Waals surface area (Å²) in [5.41, 5.74) is 2.98. The highest BCUT2D eigenvalue weighted by molar-refractivity contribution is 5.55. The number of nitrogens with one attached hydrogen (secondary N) is 1. The second kappa shape index (κ2) is 7.54. The normalized spacial score (nSPS) is 18.4. The maximum atomic E-state index is 3.57. The first kappa shape index (κ1) is 14.4. The average molecular weight is 260 g/mol. The van der Waals surface area contributed by atoms with Crippen LogP contribution in [0.15, 0.2) is 24.3 Å². The molecule has 0 aromatic heterocycles. The van der Waals surface area contributed by atoms with Gasteiger partial charge in [-0.05, 0) is 36.9 Å². The molecule has 1 aliphatic rings. The van der Waals surface area contributed by atoms with Gasteiger partial charge in [0.15, 0.2) is 0 Å². The Bertz CT molecular complexity index is 375. The van der Waals surface area contributed by atoms with Gasteiger partial charge in [0, 0.05) is 25.3 Å². The zero-order valence-electron chi connectivity index (χ0n) is 12.5. The van der Waals surface area contributed by atoms with Crippen molar-refractivity contribution in [3.05, 3.63) is 29.8 Å². The molecule has 1 unspecified atom stereocenters. The maximum Gasteiger partial charge on any atom is 0.0399 e. The molecular formula is C17H28N2. The van der Waals surface area contributed by atoms with Crippen molar-refractivity contribution in [2.75, 3.05) is 31.1 Å². The summed E-state index contributed by atoms with van der Waals surface area (Å²) < 4.78 is 0. The lowest BCUT2D eigenvalue weighted by Crippen LogP contribution is -2.39. The van der Waals surface area contributed by atoms with Gasteiger partial charge in [-0.3, -0.25) is 0 Å². The molecule has 0 bridgehead atoms. The second-order valence-corrected chi connectivity index (χ2v) is 5.84. The van der Waals surface area contributed by atoms with E-state index in [4.69, 9.17) is 0 Å². The van der Waals surface area contributed by atoms with Crippen LogP contribution in [0.3, 0.4) is 0 Å². The number of fused-ring (bicyclic) bond motifs is 1. The third kappa shape index (κ3) is 4.24. The lowest BCUT2D eigenvalue weighted by molar-refractivity contribution is 0.520. The van der Waals surface area contributed by atoms with E-state index in [2.05, 4.69) is 48.3 Å². The van der Waals surface area contributed by atoms with E-state index in [-0.39, 0.29) is 0 Å². The van der Waals surface area contributed by atoms with Crippen LogP contribution in [0.4, 0.5) is 5.69 Å². The number of benzene rings is 1. The van der Waals surface area contributed by atoms with Gasteiger partial charge in [-0.1, -0.05) is 44.9 Å². The van der Waals surface area contributed by atoms with Crippen molar-refractivity contribution in [1.82, 2.24) is 5.32 Å². The van der Waals surface area contributed by atoms with E-state index in [9.17, 15) is 0 Å². The topological polar surface area (TPSA) is 15.3 Å². The lowest BCUT2D eigenvalue weighted by atomic mass is 9.94. The Morgan fingerprint density at radius 2 is 2.05 bits per heavy atom. The number of hydrogen-bond donors (Lipinski definition) is 1. The molecule has 2 nitrogen and oxygen atoms in total. The van der Waals surface area contributed by atoms with Crippen molar-refractivity contribution >= 4 is 5.69 Å². The van der Waals surface area contributed by atoms with E-state index >= 15 is 0 Å². The van der Waals surface area contributed by atoms with Gasteiger partial charge in [0.05, 0.1) is 0 Å². The van der Waals surface area contributed by atoms with Crippen molar-refractivity contribution in [2.24, 2.45) is 5.92 Å². The molecule has 2 rings (SSSR count). The summed E-state index contributed by atoms with van der Waals surface area (Å²) in [7, 11) is 0. The van der Waals surface area contributed by atoms with E-state index in [0.29, 0.717) is 0 Å². The summed E-state index contributed by atoms with van der Waals surface area (Å²) in [5.74, 6) is 0.773. The quantitative estimate of drug-likeness (QED) is 0.755. The van der Waals surface area contributed by atoms with Gasteiger partial charge in [0.1, 0.15) is 0 Å². The van der Waals surface area contributed by atoms with Crippen molar-refractivity contribution in [2.45, 2.75) is 39.5 Å². The fourth-order valence-corrected chi connectivity index (χ4v) is 2.96. The van der Waals surface area contributed by atoms with E-state index in [1.165, 1.54) is 50.0 Å². The fourth-order valence-electron chi connectivity index (χ4n) is 2.96. The molecule has 0 fully saturated rings. The number of nitrogens with zero attached hydrogens (tertiary/aromatic N) is 1. The first-order valence-corrected chi connectivity index (χ1v) is 7.85. The Kier molecular flexibility index (Phi) is 5.71. The molecule has 0 saturated carbocycles. The molecule has 19 heavy (non-hydrogen) atoms. The molecule has 1 heterocycles. The molecule has 1 N–H and O–H groups in total. The maximum absolute atomic E-state index is 3.57. The van der Waals surface area contributed by atoms with Crippen LogP contribution in [0.1, 0.15) is 38.7 Å². The Labute approximate surface area is 118 Å². The van der Waals surface area contributed by atoms with Gasteiger partial charge in [-0.15, -0.1) is 0 Å². The number of anilines is 1. The summed E-state index contributed by atoms with van der Waals surface area (Å²) in [5, 5.41) is 3.57. The Morgan fingerprint density at radius 1 is 1.21 bits per heavy atom. The van der Waals surface area contributed by atoms with Crippen molar-refractivity contribution in [1.29, 1.82) is 0 Å². The molecule has 0 saturated heterocycles. The number of hydrogen-bond acceptors (Lipinski definition) is 2. The zero-order chi connectivity index (χ0) is 13.5. The highest BCUT2D eigenvalue weighted by Gasteiger charge is 2.20. The third-order valence-electron chi connectivity index (χ3n) is 3.95. The number of rotatable bonds is 7. The summed E-state index contributed by atoms with van der Waals surface area (Å²) in [4.78, 5) is 2.55. The molecular weight excluding hydrogens is 232 g/mol. The Hall–Kier alpha value is -1.02. The van der Waals surface area contributed by atoms with Gasteiger partial charge < -0.3 is 10.2 Å². The predicted molar refractivity (Wildman–Crippen MR) is 83.9 cm³/mol. The molecule has 106 valence electrons. The molecule has 1 aromatic carbocycles. The van der Waals surface area contributed by atoms with Gasteiger partial charge in [0.25, 0.3) is 0 Å². The largest absolute Gasteiger partial charge is 0.370 e. The monoisotopic (exact) mass is 260 g/mol. The van der Waals surface area contributed by atoms with Crippen molar-refractivity contribution in [3.63, 3.8) is 0 Å². The number of unbranched alkanes of at least 4 members (excludes halogenated alkanes) is 2. The highest BCUT2D eigenvalue weighted by Crippen LogP contribution is 2.28. The second-order valence-electron chi connectivity index (χ2n) is 5.84. The minimum atomic E-state index is 0.773. The van der Waals surface area contributed by atoms with E-state index in [1.807, 2.05) is 0 Å². The van der Waals surface area contributed by atoms with E-state index < -0.39 is 0 Å². The summed E-state index contributed by atoms with van der Waals surface area (Å²) >= 11 is 0.